The lowest BCUT2D eigenvalue weighted by Crippen LogP contribution is -2.40. The zero-order chi connectivity index (χ0) is 11.8. The molecule has 3 nitrogen and oxygen atoms in total. The van der Waals surface area contributed by atoms with Crippen molar-refractivity contribution >= 4 is 11.3 Å². The summed E-state index contributed by atoms with van der Waals surface area (Å²) >= 11 is 1.76. The Labute approximate surface area is 107 Å². The fraction of sp³-hybridized carbons (Fsp3) is 0.769. The van der Waals surface area contributed by atoms with Gasteiger partial charge in [-0.15, -0.1) is 11.3 Å². The second kappa shape index (κ2) is 4.67. The smallest absolute Gasteiger partial charge is 0.0898 e. The van der Waals surface area contributed by atoms with Crippen LogP contribution in [0, 0.1) is 12.8 Å². The van der Waals surface area contributed by atoms with Crippen molar-refractivity contribution in [3.05, 3.63) is 16.1 Å². The average Bonchev–Trinajstić information content (AvgIpc) is 2.93. The van der Waals surface area contributed by atoms with Crippen LogP contribution in [-0.4, -0.2) is 35.6 Å². The van der Waals surface area contributed by atoms with Gasteiger partial charge in [0.05, 0.1) is 16.7 Å². The lowest BCUT2D eigenvalue weighted by molar-refractivity contribution is 0.247. The maximum Gasteiger partial charge on any atom is 0.0898 e. The summed E-state index contributed by atoms with van der Waals surface area (Å²) < 4.78 is 0. The number of hydrogen-bond donors (Lipinski definition) is 1. The molecule has 0 spiro atoms. The van der Waals surface area contributed by atoms with Gasteiger partial charge < -0.3 is 5.32 Å². The van der Waals surface area contributed by atoms with Gasteiger partial charge >= 0.3 is 0 Å². The van der Waals surface area contributed by atoms with Crippen molar-refractivity contribution in [3.8, 4) is 0 Å². The molecule has 4 heteroatoms. The van der Waals surface area contributed by atoms with Gasteiger partial charge in [-0.05, 0) is 39.2 Å². The van der Waals surface area contributed by atoms with Crippen LogP contribution < -0.4 is 5.32 Å². The molecule has 0 aromatic carbocycles. The molecule has 1 N–H and O–H groups in total. The van der Waals surface area contributed by atoms with Gasteiger partial charge in [0, 0.05) is 24.5 Å². The van der Waals surface area contributed by atoms with Crippen LogP contribution in [0.5, 0.6) is 0 Å². The third-order valence-corrected chi connectivity index (χ3v) is 5.03. The van der Waals surface area contributed by atoms with Crippen molar-refractivity contribution in [2.45, 2.75) is 38.8 Å². The molecule has 2 aliphatic heterocycles. The topological polar surface area (TPSA) is 28.2 Å². The summed E-state index contributed by atoms with van der Waals surface area (Å²) in [7, 11) is 0. The minimum absolute atomic E-state index is 0.479. The zero-order valence-corrected chi connectivity index (χ0v) is 11.5. The van der Waals surface area contributed by atoms with E-state index in [1.54, 1.807) is 11.3 Å². The van der Waals surface area contributed by atoms with E-state index in [2.05, 4.69) is 34.4 Å². The molecule has 0 amide bonds. The number of aromatic nitrogens is 1. The minimum Gasteiger partial charge on any atom is -0.312 e. The fourth-order valence-corrected chi connectivity index (χ4v) is 3.85. The van der Waals surface area contributed by atoms with Crippen molar-refractivity contribution in [2.24, 2.45) is 5.92 Å². The van der Waals surface area contributed by atoms with E-state index < -0.39 is 0 Å². The molecule has 17 heavy (non-hydrogen) atoms. The third-order valence-electron chi connectivity index (χ3n) is 4.24. The zero-order valence-electron chi connectivity index (χ0n) is 10.6. The van der Waals surface area contributed by atoms with E-state index in [0.29, 0.717) is 6.04 Å². The summed E-state index contributed by atoms with van der Waals surface area (Å²) in [6.07, 6.45) is 2.75. The van der Waals surface area contributed by atoms with Gasteiger partial charge in [-0.3, -0.25) is 4.90 Å². The molecular weight excluding hydrogens is 230 g/mol. The molecule has 2 saturated heterocycles. The van der Waals surface area contributed by atoms with Crippen molar-refractivity contribution in [1.29, 1.82) is 0 Å². The Balaban J connectivity index is 1.69. The fourth-order valence-electron chi connectivity index (χ4n) is 3.16. The highest BCUT2D eigenvalue weighted by molar-refractivity contribution is 7.09. The highest BCUT2D eigenvalue weighted by Crippen LogP contribution is 2.31. The van der Waals surface area contributed by atoms with Gasteiger partial charge in [0.2, 0.25) is 0 Å². The van der Waals surface area contributed by atoms with Crippen LogP contribution in [0.3, 0.4) is 0 Å². The summed E-state index contributed by atoms with van der Waals surface area (Å²) in [6, 6.07) is 1.21. The maximum absolute atomic E-state index is 4.63. The molecule has 2 aliphatic rings. The van der Waals surface area contributed by atoms with Crippen LogP contribution in [0.4, 0.5) is 0 Å². The largest absolute Gasteiger partial charge is 0.312 e. The molecule has 0 aliphatic carbocycles. The molecule has 3 heterocycles. The molecule has 3 atom stereocenters. The SMILES string of the molecule is Cc1nc(C(C)N2C[C@@H]3CCCN[C@@H]3C2)cs1. The number of thiazole rings is 1. The number of fused-ring (bicyclic) bond motifs is 1. The van der Waals surface area contributed by atoms with Crippen molar-refractivity contribution < 1.29 is 0 Å². The number of nitrogens with one attached hydrogen (secondary N) is 1. The van der Waals surface area contributed by atoms with E-state index in [4.69, 9.17) is 0 Å². The standard InChI is InChI=1S/C13H21N3S/c1-9(13-8-17-10(2)15-13)16-6-11-4-3-5-14-12(11)7-16/h8-9,11-12,14H,3-7H2,1-2H3/t9?,11-,12+/m0/s1. The number of rotatable bonds is 2. The first-order valence-electron chi connectivity index (χ1n) is 6.63. The highest BCUT2D eigenvalue weighted by atomic mass is 32.1. The van der Waals surface area contributed by atoms with Crippen molar-refractivity contribution in [3.63, 3.8) is 0 Å². The maximum atomic E-state index is 4.63. The highest BCUT2D eigenvalue weighted by Gasteiger charge is 2.36. The lowest BCUT2D eigenvalue weighted by atomic mass is 9.94. The third kappa shape index (κ3) is 2.26. The van der Waals surface area contributed by atoms with E-state index in [9.17, 15) is 0 Å². The van der Waals surface area contributed by atoms with Crippen LogP contribution in [-0.2, 0) is 0 Å². The van der Waals surface area contributed by atoms with Crippen molar-refractivity contribution in [1.82, 2.24) is 15.2 Å². The van der Waals surface area contributed by atoms with Gasteiger partial charge in [0.15, 0.2) is 0 Å². The number of hydrogen-bond acceptors (Lipinski definition) is 4. The summed E-state index contributed by atoms with van der Waals surface area (Å²) in [4.78, 5) is 7.23. The van der Waals surface area contributed by atoms with Gasteiger partial charge in [-0.1, -0.05) is 0 Å². The summed E-state index contributed by atoms with van der Waals surface area (Å²) in [6.45, 7) is 8.04. The summed E-state index contributed by atoms with van der Waals surface area (Å²) in [5.74, 6) is 0.867. The molecule has 3 rings (SSSR count). The van der Waals surface area contributed by atoms with Crippen LogP contribution in [0.1, 0.15) is 36.5 Å². The minimum atomic E-state index is 0.479. The predicted octanol–water partition coefficient (Wildman–Crippen LogP) is 2.20. The van der Waals surface area contributed by atoms with Gasteiger partial charge in [0.1, 0.15) is 0 Å². The first-order valence-corrected chi connectivity index (χ1v) is 7.51. The first kappa shape index (κ1) is 11.6. The summed E-state index contributed by atoms with van der Waals surface area (Å²) in [5, 5.41) is 7.06. The normalized spacial score (nSPS) is 31.4. The first-order chi connectivity index (χ1) is 8.24. The molecule has 1 aromatic heterocycles. The second-order valence-electron chi connectivity index (χ2n) is 5.38. The molecule has 94 valence electrons. The van der Waals surface area contributed by atoms with Crippen LogP contribution >= 0.6 is 11.3 Å². The second-order valence-corrected chi connectivity index (χ2v) is 6.45. The average molecular weight is 251 g/mol. The van der Waals surface area contributed by atoms with E-state index in [0.717, 1.165) is 12.0 Å². The number of nitrogens with zero attached hydrogens (tertiary/aromatic N) is 2. The van der Waals surface area contributed by atoms with Crippen LogP contribution in [0.25, 0.3) is 0 Å². The number of aryl methyl sites for hydroxylation is 1. The molecule has 0 bridgehead atoms. The molecule has 1 unspecified atom stereocenters. The van der Waals surface area contributed by atoms with Crippen LogP contribution in [0.15, 0.2) is 5.38 Å². The van der Waals surface area contributed by atoms with Gasteiger partial charge in [0.25, 0.3) is 0 Å². The van der Waals surface area contributed by atoms with Gasteiger partial charge in [-0.2, -0.15) is 0 Å². The quantitative estimate of drug-likeness (QED) is 0.873. The van der Waals surface area contributed by atoms with E-state index in [1.165, 1.54) is 43.2 Å². The Morgan fingerprint density at radius 2 is 2.41 bits per heavy atom. The molecule has 0 saturated carbocycles. The van der Waals surface area contributed by atoms with Crippen LogP contribution in [0.2, 0.25) is 0 Å². The molecule has 2 fully saturated rings. The van der Waals surface area contributed by atoms with E-state index >= 15 is 0 Å². The Morgan fingerprint density at radius 3 is 3.12 bits per heavy atom. The molecular formula is C13H21N3S. The Bertz CT molecular complexity index is 376. The predicted molar refractivity (Wildman–Crippen MR) is 71.4 cm³/mol. The van der Waals surface area contributed by atoms with Gasteiger partial charge in [-0.25, -0.2) is 4.98 Å². The molecule has 0 radical (unpaired) electrons. The van der Waals surface area contributed by atoms with E-state index in [-0.39, 0.29) is 0 Å². The monoisotopic (exact) mass is 251 g/mol. The number of likely N-dealkylation sites (tertiary alicyclic amines) is 1. The Kier molecular flexibility index (Phi) is 3.19. The number of piperidine rings is 1. The Morgan fingerprint density at radius 1 is 1.53 bits per heavy atom. The lowest BCUT2D eigenvalue weighted by Gasteiger charge is -2.24. The Hall–Kier alpha value is -0.450. The van der Waals surface area contributed by atoms with Crippen molar-refractivity contribution in [2.75, 3.05) is 19.6 Å². The summed E-state index contributed by atoms with van der Waals surface area (Å²) in [5.41, 5.74) is 1.26. The molecule has 1 aromatic rings. The van der Waals surface area contributed by atoms with E-state index in [1.807, 2.05) is 0 Å².